The Bertz CT molecular complexity index is 2320. The van der Waals surface area contributed by atoms with Crippen molar-refractivity contribution in [2.24, 2.45) is 0 Å². The van der Waals surface area contributed by atoms with E-state index in [4.69, 9.17) is 9.97 Å². The van der Waals surface area contributed by atoms with E-state index < -0.39 is 0 Å². The summed E-state index contributed by atoms with van der Waals surface area (Å²) in [5.74, 6) is 3.78. The fourth-order valence-electron chi connectivity index (χ4n) is 7.69. The third kappa shape index (κ3) is 9.48. The van der Waals surface area contributed by atoms with Crippen LogP contribution in [0, 0.1) is 6.92 Å². The molecule has 4 nitrogen and oxygen atoms in total. The van der Waals surface area contributed by atoms with Gasteiger partial charge in [0.2, 0.25) is 0 Å². The molecule has 0 spiro atoms. The van der Waals surface area contributed by atoms with Crippen molar-refractivity contribution in [1.82, 2.24) is 19.1 Å². The molecule has 3 heterocycles. The summed E-state index contributed by atoms with van der Waals surface area (Å²) in [4.78, 5) is 10.8. The van der Waals surface area contributed by atoms with Crippen LogP contribution in [-0.4, -0.2) is 19.1 Å². The van der Waals surface area contributed by atoms with Gasteiger partial charge >= 0.3 is 0 Å². The van der Waals surface area contributed by atoms with Gasteiger partial charge in [-0.3, -0.25) is 9.13 Å². The molecular formula is C53H66N4S. The van der Waals surface area contributed by atoms with Gasteiger partial charge in [-0.05, 0) is 104 Å². The summed E-state index contributed by atoms with van der Waals surface area (Å²) in [6, 6.07) is 33.0. The maximum Gasteiger partial charge on any atom is 0.154 e. The van der Waals surface area contributed by atoms with Crippen LogP contribution in [0.3, 0.4) is 0 Å². The molecule has 0 N–H and O–H groups in total. The van der Waals surface area contributed by atoms with Gasteiger partial charge in [-0.2, -0.15) is 0 Å². The number of aromatic nitrogens is 4. The predicted molar refractivity (Wildman–Crippen MR) is 252 cm³/mol. The highest BCUT2D eigenvalue weighted by molar-refractivity contribution is 7.13. The molecule has 0 bridgehead atoms. The van der Waals surface area contributed by atoms with Crippen LogP contribution in [0.5, 0.6) is 0 Å². The average Bonchev–Trinajstić information content (AvgIpc) is 3.99. The van der Waals surface area contributed by atoms with Crippen LogP contribution in [0.2, 0.25) is 0 Å². The summed E-state index contributed by atoms with van der Waals surface area (Å²) in [5.41, 5.74) is 14.5. The lowest BCUT2D eigenvalue weighted by atomic mass is 9.83. The molecule has 7 aromatic rings. The second-order valence-electron chi connectivity index (χ2n) is 17.2. The van der Waals surface area contributed by atoms with E-state index in [1.54, 1.807) is 11.3 Å². The Hall–Kier alpha value is -5.00. The molecule has 0 aliphatic carbocycles. The lowest BCUT2D eigenvalue weighted by Gasteiger charge is -2.25. The topological polar surface area (TPSA) is 35.6 Å². The molecule has 0 amide bonds. The number of nitrogens with zero attached hydrogens (tertiary/aromatic N) is 4. The Morgan fingerprint density at radius 1 is 0.534 bits per heavy atom. The largest absolute Gasteiger partial charge is 0.299 e. The van der Waals surface area contributed by atoms with Gasteiger partial charge in [0.1, 0.15) is 5.82 Å². The van der Waals surface area contributed by atoms with Gasteiger partial charge < -0.3 is 0 Å². The second kappa shape index (κ2) is 19.2. The van der Waals surface area contributed by atoms with Gasteiger partial charge in [0, 0.05) is 30.4 Å². The lowest BCUT2D eigenvalue weighted by Crippen LogP contribution is -2.14. The standard InChI is InChI=1S/C26H28N2S.C25H32N2.C2H6/c1-17(2)22-15-21(20-9-7-6-8-10-20)16-23(18(3)4)24(22)28-13-12-27-26(28)25-19(5)11-14-29-25;1-17(2)19-12-10-13-20(18(3)4)23(19)27-16-15-26-24(27)21-11-8-9-14-22(21)25(5,6)7;1-2/h6-18H,1-5H3;8-18H,1-7H3;1-2H3. The Labute approximate surface area is 354 Å². The normalized spacial score (nSPS) is 11.6. The molecule has 4 aromatic carbocycles. The minimum atomic E-state index is 0.0613. The van der Waals surface area contributed by atoms with Crippen molar-refractivity contribution in [3.8, 4) is 44.6 Å². The van der Waals surface area contributed by atoms with Crippen LogP contribution in [-0.2, 0) is 5.41 Å². The zero-order chi connectivity index (χ0) is 42.3. The van der Waals surface area contributed by atoms with Gasteiger partial charge in [0.25, 0.3) is 0 Å². The van der Waals surface area contributed by atoms with E-state index in [0.29, 0.717) is 23.7 Å². The third-order valence-electron chi connectivity index (χ3n) is 10.7. The zero-order valence-electron chi connectivity index (χ0n) is 37.6. The number of hydrogen-bond donors (Lipinski definition) is 0. The van der Waals surface area contributed by atoms with E-state index in [1.807, 2.05) is 26.2 Å². The molecule has 0 aliphatic heterocycles. The molecule has 3 aromatic heterocycles. The Morgan fingerprint density at radius 3 is 1.52 bits per heavy atom. The molecule has 0 saturated carbocycles. The van der Waals surface area contributed by atoms with Crippen LogP contribution in [0.4, 0.5) is 0 Å². The number of imidazole rings is 2. The number of benzene rings is 4. The van der Waals surface area contributed by atoms with Crippen LogP contribution in [0.1, 0.15) is 147 Å². The minimum Gasteiger partial charge on any atom is -0.299 e. The molecule has 0 aliphatic rings. The maximum atomic E-state index is 4.80. The van der Waals surface area contributed by atoms with Crippen LogP contribution >= 0.6 is 11.3 Å². The van der Waals surface area contributed by atoms with Crippen molar-refractivity contribution in [3.63, 3.8) is 0 Å². The quantitative estimate of drug-likeness (QED) is 0.146. The molecule has 0 fully saturated rings. The Balaban J connectivity index is 0.000000213. The van der Waals surface area contributed by atoms with Crippen LogP contribution < -0.4 is 0 Å². The molecule has 0 radical (unpaired) electrons. The van der Waals surface area contributed by atoms with Gasteiger partial charge in [-0.25, -0.2) is 9.97 Å². The molecule has 0 atom stereocenters. The molecule has 0 saturated heterocycles. The van der Waals surface area contributed by atoms with E-state index >= 15 is 0 Å². The monoisotopic (exact) mass is 791 g/mol. The lowest BCUT2D eigenvalue weighted by molar-refractivity contribution is 0.591. The van der Waals surface area contributed by atoms with Gasteiger partial charge in [0.05, 0.1) is 16.3 Å². The molecule has 0 unspecified atom stereocenters. The minimum absolute atomic E-state index is 0.0613. The van der Waals surface area contributed by atoms with Crippen molar-refractivity contribution in [2.45, 2.75) is 126 Å². The maximum absolute atomic E-state index is 4.80. The third-order valence-corrected chi connectivity index (χ3v) is 11.7. The second-order valence-corrected chi connectivity index (χ2v) is 18.2. The number of para-hydroxylation sites is 1. The zero-order valence-corrected chi connectivity index (χ0v) is 38.4. The van der Waals surface area contributed by atoms with Crippen molar-refractivity contribution >= 4 is 11.3 Å². The summed E-state index contributed by atoms with van der Waals surface area (Å²) < 4.78 is 4.60. The first-order valence-electron chi connectivity index (χ1n) is 21.3. The highest BCUT2D eigenvalue weighted by atomic mass is 32.1. The fraction of sp³-hybridized carbons (Fsp3) is 0.358. The van der Waals surface area contributed by atoms with Crippen LogP contribution in [0.25, 0.3) is 44.6 Å². The average molecular weight is 791 g/mol. The van der Waals surface area contributed by atoms with Crippen molar-refractivity contribution in [2.75, 3.05) is 0 Å². The molecular weight excluding hydrogens is 725 g/mol. The predicted octanol–water partition coefficient (Wildman–Crippen LogP) is 15.9. The first-order valence-corrected chi connectivity index (χ1v) is 22.1. The molecule has 58 heavy (non-hydrogen) atoms. The summed E-state index contributed by atoms with van der Waals surface area (Å²) in [6.45, 7) is 31.2. The highest BCUT2D eigenvalue weighted by Crippen LogP contribution is 2.40. The van der Waals surface area contributed by atoms with Crippen molar-refractivity contribution in [3.05, 3.63) is 155 Å². The van der Waals surface area contributed by atoms with Gasteiger partial charge in [0.15, 0.2) is 5.82 Å². The van der Waals surface area contributed by atoms with E-state index in [2.05, 4.69) is 201 Å². The van der Waals surface area contributed by atoms with Crippen molar-refractivity contribution in [1.29, 1.82) is 0 Å². The van der Waals surface area contributed by atoms with E-state index in [9.17, 15) is 0 Å². The van der Waals surface area contributed by atoms with E-state index in [1.165, 1.54) is 66.3 Å². The molecule has 5 heteroatoms. The number of hydrogen-bond acceptors (Lipinski definition) is 3. The fourth-order valence-corrected chi connectivity index (χ4v) is 8.61. The summed E-state index contributed by atoms with van der Waals surface area (Å²) in [5, 5.41) is 2.15. The summed E-state index contributed by atoms with van der Waals surface area (Å²) in [7, 11) is 0. The summed E-state index contributed by atoms with van der Waals surface area (Å²) in [6.07, 6.45) is 8.08. The highest BCUT2D eigenvalue weighted by Gasteiger charge is 2.24. The molecule has 7 rings (SSSR count). The van der Waals surface area contributed by atoms with E-state index in [0.717, 1.165) is 11.6 Å². The smallest absolute Gasteiger partial charge is 0.154 e. The number of rotatable bonds is 9. The van der Waals surface area contributed by atoms with Gasteiger partial charge in [-0.1, -0.05) is 163 Å². The van der Waals surface area contributed by atoms with Crippen molar-refractivity contribution < 1.29 is 0 Å². The first-order chi connectivity index (χ1) is 27.7. The van der Waals surface area contributed by atoms with Gasteiger partial charge in [-0.15, -0.1) is 11.3 Å². The summed E-state index contributed by atoms with van der Waals surface area (Å²) >= 11 is 1.76. The van der Waals surface area contributed by atoms with E-state index in [-0.39, 0.29) is 5.41 Å². The Kier molecular flexibility index (Phi) is 14.6. The number of thiophene rings is 1. The number of aryl methyl sites for hydroxylation is 1. The Morgan fingerprint density at radius 2 is 1.02 bits per heavy atom. The SMILES string of the molecule is CC.CC(C)c1cccc(C(C)C)c1-n1ccnc1-c1ccccc1C(C)(C)C.Cc1ccsc1-c1nccn1-c1c(C(C)C)cc(-c2ccccc2)cc1C(C)C. The first kappa shape index (κ1) is 44.1. The van der Waals surface area contributed by atoms with Crippen LogP contribution in [0.15, 0.2) is 121 Å². The molecule has 304 valence electrons.